The first-order valence-electron chi connectivity index (χ1n) is 8.27. The maximum absolute atomic E-state index is 13.1. The van der Waals surface area contributed by atoms with Crippen LogP contribution in [0.4, 0.5) is 4.39 Å². The Morgan fingerprint density at radius 2 is 1.92 bits per heavy atom. The smallest absolute Gasteiger partial charge is 0.285 e. The Hall–Kier alpha value is -3.01. The van der Waals surface area contributed by atoms with E-state index in [0.29, 0.717) is 11.3 Å². The molecule has 6 nitrogen and oxygen atoms in total. The molecule has 1 N–H and O–H groups in total. The van der Waals surface area contributed by atoms with Crippen LogP contribution in [-0.2, 0) is 11.3 Å². The molecule has 2 aromatic rings. The number of aryl methyl sites for hydroxylation is 1. The van der Waals surface area contributed by atoms with Crippen LogP contribution in [0.15, 0.2) is 29.1 Å². The lowest BCUT2D eigenvalue weighted by Crippen LogP contribution is -2.38. The molecule has 136 valence electrons. The molecule has 1 heterocycles. The summed E-state index contributed by atoms with van der Waals surface area (Å²) in [6.07, 6.45) is 0. The summed E-state index contributed by atoms with van der Waals surface area (Å²) in [6.45, 7) is 6.90. The third-order valence-electron chi connectivity index (χ3n) is 4.25. The maximum atomic E-state index is 13.1. The molecule has 1 unspecified atom stereocenters. The van der Waals surface area contributed by atoms with Crippen LogP contribution in [0.25, 0.3) is 0 Å². The third kappa shape index (κ3) is 4.14. The summed E-state index contributed by atoms with van der Waals surface area (Å²) >= 11 is 0. The summed E-state index contributed by atoms with van der Waals surface area (Å²) in [5.41, 5.74) is 1.21. The Kier molecular flexibility index (Phi) is 5.88. The van der Waals surface area contributed by atoms with Gasteiger partial charge in [-0.25, -0.2) is 9.07 Å². The Labute approximate surface area is 151 Å². The normalized spacial score (nSPS) is 11.9. The number of nitriles is 1. The second-order valence-corrected chi connectivity index (χ2v) is 6.50. The number of nitrogens with zero attached hydrogens (tertiary/aromatic N) is 3. The summed E-state index contributed by atoms with van der Waals surface area (Å²) in [7, 11) is 0. The van der Waals surface area contributed by atoms with Gasteiger partial charge in [0, 0.05) is 0 Å². The Balaban J connectivity index is 2.24. The fourth-order valence-electron chi connectivity index (χ4n) is 2.67. The molecule has 7 heteroatoms. The Morgan fingerprint density at radius 1 is 1.31 bits per heavy atom. The van der Waals surface area contributed by atoms with Gasteiger partial charge in [0.15, 0.2) is 0 Å². The topological polar surface area (TPSA) is 87.8 Å². The van der Waals surface area contributed by atoms with E-state index in [9.17, 15) is 14.0 Å². The van der Waals surface area contributed by atoms with E-state index in [0.717, 1.165) is 10.2 Å². The highest BCUT2D eigenvalue weighted by Crippen LogP contribution is 2.21. The van der Waals surface area contributed by atoms with Crippen LogP contribution >= 0.6 is 0 Å². The molecule has 0 radical (unpaired) electrons. The van der Waals surface area contributed by atoms with Crippen molar-refractivity contribution in [2.75, 3.05) is 0 Å². The van der Waals surface area contributed by atoms with Crippen molar-refractivity contribution in [1.29, 1.82) is 5.26 Å². The van der Waals surface area contributed by atoms with Crippen molar-refractivity contribution in [3.05, 3.63) is 62.8 Å². The minimum Gasteiger partial charge on any atom is -0.347 e. The van der Waals surface area contributed by atoms with E-state index in [1.54, 1.807) is 26.0 Å². The van der Waals surface area contributed by atoms with Crippen molar-refractivity contribution in [3.63, 3.8) is 0 Å². The minimum absolute atomic E-state index is 0.00996. The molecule has 1 atom stereocenters. The Morgan fingerprint density at radius 3 is 2.46 bits per heavy atom. The molecule has 0 saturated carbocycles. The SMILES string of the molecule is Cc1nn(CC(=O)NC(c2ccc(F)cc2)C(C)C)c(=O)c(C#N)c1C. The van der Waals surface area contributed by atoms with Crippen molar-refractivity contribution in [1.82, 2.24) is 15.1 Å². The van der Waals surface area contributed by atoms with Gasteiger partial charge in [-0.05, 0) is 43.0 Å². The molecule has 0 aliphatic carbocycles. The van der Waals surface area contributed by atoms with Crippen LogP contribution in [0.2, 0.25) is 0 Å². The van der Waals surface area contributed by atoms with Crippen molar-refractivity contribution < 1.29 is 9.18 Å². The van der Waals surface area contributed by atoms with Crippen LogP contribution in [0.3, 0.4) is 0 Å². The maximum Gasteiger partial charge on any atom is 0.285 e. The third-order valence-corrected chi connectivity index (χ3v) is 4.25. The molecule has 2 rings (SSSR count). The molecule has 26 heavy (non-hydrogen) atoms. The molecule has 0 fully saturated rings. The zero-order valence-electron chi connectivity index (χ0n) is 15.2. The second kappa shape index (κ2) is 7.91. The fraction of sp³-hybridized carbons (Fsp3) is 0.368. The first-order chi connectivity index (χ1) is 12.2. The molecular weight excluding hydrogens is 335 g/mol. The number of carbonyl (C=O) groups excluding carboxylic acids is 1. The lowest BCUT2D eigenvalue weighted by Gasteiger charge is -2.23. The van der Waals surface area contributed by atoms with Gasteiger partial charge in [0.1, 0.15) is 24.0 Å². The summed E-state index contributed by atoms with van der Waals surface area (Å²) in [5.74, 6) is -0.698. The number of aromatic nitrogens is 2. The van der Waals surface area contributed by atoms with Gasteiger partial charge < -0.3 is 5.32 Å². The molecule has 1 aromatic heterocycles. The van der Waals surface area contributed by atoms with Crippen LogP contribution < -0.4 is 10.9 Å². The summed E-state index contributed by atoms with van der Waals surface area (Å²) in [4.78, 5) is 24.7. The second-order valence-electron chi connectivity index (χ2n) is 6.50. The molecule has 0 aliphatic rings. The lowest BCUT2D eigenvalue weighted by atomic mass is 9.96. The highest BCUT2D eigenvalue weighted by Gasteiger charge is 2.20. The summed E-state index contributed by atoms with van der Waals surface area (Å²) < 4.78 is 14.1. The largest absolute Gasteiger partial charge is 0.347 e. The van der Waals surface area contributed by atoms with Crippen LogP contribution in [0.1, 0.15) is 42.3 Å². The lowest BCUT2D eigenvalue weighted by molar-refractivity contribution is -0.123. The summed E-state index contributed by atoms with van der Waals surface area (Å²) in [6, 6.07) is 7.45. The van der Waals surface area contributed by atoms with Gasteiger partial charge >= 0.3 is 0 Å². The first-order valence-corrected chi connectivity index (χ1v) is 8.27. The van der Waals surface area contributed by atoms with Gasteiger partial charge in [0.05, 0.1) is 11.7 Å². The predicted molar refractivity (Wildman–Crippen MR) is 94.8 cm³/mol. The highest BCUT2D eigenvalue weighted by molar-refractivity contribution is 5.76. The molecular formula is C19H21FN4O2. The molecule has 0 bridgehead atoms. The van der Waals surface area contributed by atoms with Crippen molar-refractivity contribution in [3.8, 4) is 6.07 Å². The van der Waals surface area contributed by atoms with Gasteiger partial charge in [-0.15, -0.1) is 0 Å². The van der Waals surface area contributed by atoms with Crippen LogP contribution in [0, 0.1) is 36.9 Å². The standard InChI is InChI=1S/C19H21FN4O2/c1-11(2)18(14-5-7-15(20)8-6-14)22-17(25)10-24-19(26)16(9-21)12(3)13(4)23-24/h5-8,11,18H,10H2,1-4H3,(H,22,25). The number of benzene rings is 1. The number of hydrogen-bond acceptors (Lipinski definition) is 4. The number of hydrogen-bond donors (Lipinski definition) is 1. The Bertz CT molecular complexity index is 911. The number of rotatable bonds is 5. The van der Waals surface area contributed by atoms with E-state index in [1.165, 1.54) is 12.1 Å². The van der Waals surface area contributed by atoms with Crippen molar-refractivity contribution in [2.45, 2.75) is 40.3 Å². The van der Waals surface area contributed by atoms with Crippen molar-refractivity contribution in [2.24, 2.45) is 5.92 Å². The van der Waals surface area contributed by atoms with Crippen LogP contribution in [-0.4, -0.2) is 15.7 Å². The number of amides is 1. The van der Waals surface area contributed by atoms with Gasteiger partial charge in [0.25, 0.3) is 5.56 Å². The highest BCUT2D eigenvalue weighted by atomic mass is 19.1. The van der Waals surface area contributed by atoms with Gasteiger partial charge in [-0.1, -0.05) is 26.0 Å². The van der Waals surface area contributed by atoms with Gasteiger partial charge in [-0.2, -0.15) is 10.4 Å². The van der Waals surface area contributed by atoms with E-state index >= 15 is 0 Å². The van der Waals surface area contributed by atoms with E-state index in [4.69, 9.17) is 5.26 Å². The van der Waals surface area contributed by atoms with E-state index in [1.807, 2.05) is 19.9 Å². The predicted octanol–water partition coefficient (Wildman–Crippen LogP) is 2.38. The average Bonchev–Trinajstić information content (AvgIpc) is 2.59. The molecule has 1 aromatic carbocycles. The summed E-state index contributed by atoms with van der Waals surface area (Å²) in [5, 5.41) is 16.1. The number of carbonyl (C=O) groups is 1. The number of nitrogens with one attached hydrogen (secondary N) is 1. The van der Waals surface area contributed by atoms with Gasteiger partial charge in [-0.3, -0.25) is 9.59 Å². The molecule has 0 saturated heterocycles. The zero-order valence-corrected chi connectivity index (χ0v) is 15.2. The minimum atomic E-state index is -0.589. The monoisotopic (exact) mass is 356 g/mol. The van der Waals surface area contributed by atoms with Gasteiger partial charge in [0.2, 0.25) is 5.91 Å². The van der Waals surface area contributed by atoms with Crippen LogP contribution in [0.5, 0.6) is 0 Å². The first kappa shape index (κ1) is 19.3. The molecule has 0 spiro atoms. The van der Waals surface area contributed by atoms with E-state index in [-0.39, 0.29) is 29.9 Å². The van der Waals surface area contributed by atoms with E-state index in [2.05, 4.69) is 10.4 Å². The number of halogens is 1. The fourth-order valence-corrected chi connectivity index (χ4v) is 2.67. The molecule has 1 amide bonds. The molecule has 0 aliphatic heterocycles. The van der Waals surface area contributed by atoms with E-state index < -0.39 is 11.5 Å². The zero-order chi connectivity index (χ0) is 19.4. The average molecular weight is 356 g/mol. The van der Waals surface area contributed by atoms with Crippen molar-refractivity contribution >= 4 is 5.91 Å². The quantitative estimate of drug-likeness (QED) is 0.891.